The van der Waals surface area contributed by atoms with Crippen molar-refractivity contribution < 1.29 is 0 Å². The van der Waals surface area contributed by atoms with Gasteiger partial charge >= 0.3 is 0 Å². The lowest BCUT2D eigenvalue weighted by Gasteiger charge is -2.11. The number of pyridine rings is 1. The topological polar surface area (TPSA) is 59.8 Å². The van der Waals surface area contributed by atoms with Crippen LogP contribution in [0, 0.1) is 0 Å². The molecule has 1 aliphatic rings. The molecule has 3 rings (SSSR count). The van der Waals surface area contributed by atoms with Gasteiger partial charge in [-0.05, 0) is 31.2 Å². The average molecular weight is 290 g/mol. The van der Waals surface area contributed by atoms with E-state index in [2.05, 4.69) is 21.8 Å². The molecule has 20 heavy (non-hydrogen) atoms. The minimum absolute atomic E-state index is 0.0556. The number of rotatable bonds is 5. The summed E-state index contributed by atoms with van der Waals surface area (Å²) in [5.74, 6) is 0. The molecule has 0 saturated heterocycles. The Morgan fingerprint density at radius 1 is 1.40 bits per heavy atom. The molecule has 6 heteroatoms. The van der Waals surface area contributed by atoms with Crippen molar-refractivity contribution in [2.45, 2.75) is 39.2 Å². The summed E-state index contributed by atoms with van der Waals surface area (Å²) >= 11 is 1.36. The van der Waals surface area contributed by atoms with Crippen LogP contribution in [-0.2, 0) is 19.4 Å². The van der Waals surface area contributed by atoms with Crippen LogP contribution < -0.4 is 10.9 Å². The summed E-state index contributed by atoms with van der Waals surface area (Å²) in [6, 6.07) is 3.64. The Kier molecular flexibility index (Phi) is 3.82. The van der Waals surface area contributed by atoms with Gasteiger partial charge in [-0.3, -0.25) is 4.79 Å². The molecule has 0 amide bonds. The first-order valence-corrected chi connectivity index (χ1v) is 7.83. The maximum Gasteiger partial charge on any atom is 0.251 e. The van der Waals surface area contributed by atoms with Crippen molar-refractivity contribution in [2.24, 2.45) is 0 Å². The van der Waals surface area contributed by atoms with Crippen LogP contribution in [0.3, 0.4) is 0 Å². The molecule has 5 nitrogen and oxygen atoms in total. The van der Waals surface area contributed by atoms with Crippen LogP contribution in [0.1, 0.15) is 36.7 Å². The third-order valence-corrected chi connectivity index (χ3v) is 4.37. The van der Waals surface area contributed by atoms with E-state index < -0.39 is 0 Å². The fraction of sp³-hybridized carbons (Fsp3) is 0.500. The van der Waals surface area contributed by atoms with E-state index in [0.717, 1.165) is 42.9 Å². The van der Waals surface area contributed by atoms with Gasteiger partial charge in [-0.25, -0.2) is 0 Å². The summed E-state index contributed by atoms with van der Waals surface area (Å²) in [4.78, 5) is 12.1. The Hall–Kier alpha value is -1.69. The summed E-state index contributed by atoms with van der Waals surface area (Å²) in [5, 5.41) is 8.49. The van der Waals surface area contributed by atoms with Gasteiger partial charge in [-0.1, -0.05) is 17.5 Å². The molecule has 0 radical (unpaired) electrons. The smallest absolute Gasteiger partial charge is 0.251 e. The fourth-order valence-electron chi connectivity index (χ4n) is 2.64. The van der Waals surface area contributed by atoms with Crippen molar-refractivity contribution in [1.29, 1.82) is 0 Å². The molecular formula is C14H18N4OS. The van der Waals surface area contributed by atoms with Crippen molar-refractivity contribution in [3.05, 3.63) is 39.4 Å². The van der Waals surface area contributed by atoms with Crippen LogP contribution in [-0.4, -0.2) is 20.7 Å². The highest BCUT2D eigenvalue weighted by molar-refractivity contribution is 7.10. The zero-order valence-electron chi connectivity index (χ0n) is 11.6. The second-order valence-corrected chi connectivity index (χ2v) is 5.81. The standard InChI is InChI=1S/C14H18N4OS/c1-2-8-15-14-11(16-17-20-14)9-18-12-5-3-4-10(12)6-7-13(18)19/h6-7,15H,2-5,8-9H2,1H3. The number of hydrogen-bond donors (Lipinski definition) is 1. The van der Waals surface area contributed by atoms with Gasteiger partial charge in [0.15, 0.2) is 0 Å². The first-order chi connectivity index (χ1) is 9.79. The zero-order chi connectivity index (χ0) is 13.9. The molecule has 0 aliphatic heterocycles. The van der Waals surface area contributed by atoms with Crippen LogP contribution in [0.15, 0.2) is 16.9 Å². The minimum atomic E-state index is 0.0556. The second kappa shape index (κ2) is 5.75. The molecule has 2 heterocycles. The molecule has 0 bridgehead atoms. The fourth-order valence-corrected chi connectivity index (χ4v) is 3.24. The molecule has 0 saturated carbocycles. The Balaban J connectivity index is 1.91. The van der Waals surface area contributed by atoms with E-state index >= 15 is 0 Å². The second-order valence-electron chi connectivity index (χ2n) is 5.06. The Morgan fingerprint density at radius 3 is 3.15 bits per heavy atom. The molecular weight excluding hydrogens is 272 g/mol. The largest absolute Gasteiger partial charge is 0.374 e. The number of aryl methyl sites for hydroxylation is 1. The van der Waals surface area contributed by atoms with E-state index in [1.165, 1.54) is 22.8 Å². The van der Waals surface area contributed by atoms with Crippen LogP contribution in [0.5, 0.6) is 0 Å². The highest BCUT2D eigenvalue weighted by Crippen LogP contribution is 2.23. The monoisotopic (exact) mass is 290 g/mol. The molecule has 0 spiro atoms. The molecule has 0 unspecified atom stereocenters. The number of hydrogen-bond acceptors (Lipinski definition) is 5. The number of nitrogens with one attached hydrogen (secondary N) is 1. The summed E-state index contributed by atoms with van der Waals surface area (Å²) in [7, 11) is 0. The van der Waals surface area contributed by atoms with Crippen molar-refractivity contribution in [3.8, 4) is 0 Å². The van der Waals surface area contributed by atoms with Crippen molar-refractivity contribution in [2.75, 3.05) is 11.9 Å². The summed E-state index contributed by atoms with van der Waals surface area (Å²) < 4.78 is 5.87. The van der Waals surface area contributed by atoms with E-state index in [0.29, 0.717) is 6.54 Å². The average Bonchev–Trinajstić information content (AvgIpc) is 3.08. The number of anilines is 1. The van der Waals surface area contributed by atoms with Gasteiger partial charge < -0.3 is 9.88 Å². The van der Waals surface area contributed by atoms with Gasteiger partial charge in [-0.2, -0.15) is 0 Å². The lowest BCUT2D eigenvalue weighted by Crippen LogP contribution is -2.23. The molecule has 1 aliphatic carbocycles. The highest BCUT2D eigenvalue weighted by atomic mass is 32.1. The normalized spacial score (nSPS) is 13.4. The van der Waals surface area contributed by atoms with Gasteiger partial charge in [0.1, 0.15) is 10.7 Å². The SMILES string of the molecule is CCCNc1snnc1Cn1c2c(ccc1=O)CCC2. The Morgan fingerprint density at radius 2 is 2.30 bits per heavy atom. The van der Waals surface area contributed by atoms with Gasteiger partial charge in [0.2, 0.25) is 0 Å². The Labute approximate surface area is 121 Å². The first-order valence-electron chi connectivity index (χ1n) is 7.06. The molecule has 106 valence electrons. The lowest BCUT2D eigenvalue weighted by atomic mass is 10.2. The minimum Gasteiger partial charge on any atom is -0.374 e. The van der Waals surface area contributed by atoms with Crippen LogP contribution in [0.4, 0.5) is 5.00 Å². The van der Waals surface area contributed by atoms with Gasteiger partial charge in [0, 0.05) is 29.8 Å². The number of nitrogens with zero attached hydrogens (tertiary/aromatic N) is 3. The first kappa shape index (κ1) is 13.3. The van der Waals surface area contributed by atoms with E-state index in [-0.39, 0.29) is 5.56 Å². The third-order valence-electron chi connectivity index (χ3n) is 3.65. The zero-order valence-corrected chi connectivity index (χ0v) is 12.4. The van der Waals surface area contributed by atoms with Crippen molar-refractivity contribution in [3.63, 3.8) is 0 Å². The summed E-state index contributed by atoms with van der Waals surface area (Å²) in [6.45, 7) is 3.54. The predicted octanol–water partition coefficient (Wildman–Crippen LogP) is 2.06. The Bertz CT molecular complexity index is 661. The van der Waals surface area contributed by atoms with Crippen molar-refractivity contribution in [1.82, 2.24) is 14.2 Å². The van der Waals surface area contributed by atoms with E-state index in [1.807, 2.05) is 10.6 Å². The van der Waals surface area contributed by atoms with Gasteiger partial charge in [0.25, 0.3) is 5.56 Å². The van der Waals surface area contributed by atoms with E-state index in [1.54, 1.807) is 6.07 Å². The van der Waals surface area contributed by atoms with Crippen LogP contribution in [0.2, 0.25) is 0 Å². The quantitative estimate of drug-likeness (QED) is 0.915. The molecule has 0 atom stereocenters. The predicted molar refractivity (Wildman–Crippen MR) is 80.5 cm³/mol. The van der Waals surface area contributed by atoms with Gasteiger partial charge in [0.05, 0.1) is 6.54 Å². The van der Waals surface area contributed by atoms with E-state index in [9.17, 15) is 4.79 Å². The molecule has 2 aromatic heterocycles. The lowest BCUT2D eigenvalue weighted by molar-refractivity contribution is 0.691. The molecule has 1 N–H and O–H groups in total. The van der Waals surface area contributed by atoms with E-state index in [4.69, 9.17) is 0 Å². The third kappa shape index (κ3) is 2.47. The number of aromatic nitrogens is 3. The van der Waals surface area contributed by atoms with Crippen molar-refractivity contribution >= 4 is 16.5 Å². The molecule has 2 aromatic rings. The molecule has 0 aromatic carbocycles. The summed E-state index contributed by atoms with van der Waals surface area (Å²) in [6.07, 6.45) is 4.25. The number of fused-ring (bicyclic) bond motifs is 1. The maximum atomic E-state index is 12.1. The van der Waals surface area contributed by atoms with Crippen LogP contribution >= 0.6 is 11.5 Å². The van der Waals surface area contributed by atoms with Gasteiger partial charge in [-0.15, -0.1) is 5.10 Å². The highest BCUT2D eigenvalue weighted by Gasteiger charge is 2.17. The summed E-state index contributed by atoms with van der Waals surface area (Å²) in [5.41, 5.74) is 3.40. The van der Waals surface area contributed by atoms with Crippen LogP contribution in [0.25, 0.3) is 0 Å². The molecule has 0 fully saturated rings. The maximum absolute atomic E-state index is 12.1.